The van der Waals surface area contributed by atoms with Crippen LogP contribution in [0, 0.1) is 5.82 Å². The fourth-order valence-electron chi connectivity index (χ4n) is 2.26. The number of nitrogens with zero attached hydrogens (tertiary/aromatic N) is 2. The minimum atomic E-state index is -0.574. The first-order chi connectivity index (χ1) is 12.8. The van der Waals surface area contributed by atoms with E-state index in [2.05, 4.69) is 31.7 Å². The van der Waals surface area contributed by atoms with Crippen LogP contribution in [-0.2, 0) is 6.54 Å². The monoisotopic (exact) mass is 490 g/mol. The number of benzene rings is 2. The molecule has 3 aromatic rings. The number of hydrogen-bond acceptors (Lipinski definition) is 2. The molecule has 0 bridgehead atoms. The number of aromatic nitrogens is 2. The van der Waals surface area contributed by atoms with Gasteiger partial charge < -0.3 is 5.32 Å². The summed E-state index contributed by atoms with van der Waals surface area (Å²) in [4.78, 5) is 12.2. The molecular weight excluding hydrogens is 481 g/mol. The average molecular weight is 493 g/mol. The van der Waals surface area contributed by atoms with E-state index in [1.54, 1.807) is 24.3 Å². The molecule has 1 heterocycles. The Morgan fingerprint density at radius 2 is 1.89 bits per heavy atom. The number of anilines is 2. The SMILES string of the molecule is O=C(Nc1ccc(Br)cc1Cl)Nc1nn(Cc2c(F)cccc2Cl)cc1Cl. The van der Waals surface area contributed by atoms with Gasteiger partial charge in [0.15, 0.2) is 5.82 Å². The average Bonchev–Trinajstić information content (AvgIpc) is 2.93. The number of carbonyl (C=O) groups excluding carboxylic acids is 1. The number of amides is 2. The molecule has 0 atom stereocenters. The van der Waals surface area contributed by atoms with E-state index >= 15 is 0 Å². The summed E-state index contributed by atoms with van der Waals surface area (Å²) < 4.78 is 16.1. The molecule has 2 amide bonds. The molecule has 0 unspecified atom stereocenters. The summed E-state index contributed by atoms with van der Waals surface area (Å²) in [5.41, 5.74) is 0.696. The molecule has 140 valence electrons. The molecule has 0 fully saturated rings. The van der Waals surface area contributed by atoms with Crippen molar-refractivity contribution in [2.24, 2.45) is 0 Å². The largest absolute Gasteiger partial charge is 0.324 e. The highest BCUT2D eigenvalue weighted by molar-refractivity contribution is 9.10. The molecule has 0 aliphatic rings. The number of hydrogen-bond donors (Lipinski definition) is 2. The smallest absolute Gasteiger partial charge is 0.306 e. The topological polar surface area (TPSA) is 59.0 Å². The second kappa shape index (κ2) is 8.48. The molecular formula is C17H11BrCl3FN4O. The van der Waals surface area contributed by atoms with Crippen molar-refractivity contribution >= 4 is 68.3 Å². The van der Waals surface area contributed by atoms with Crippen LogP contribution in [0.3, 0.4) is 0 Å². The highest BCUT2D eigenvalue weighted by Gasteiger charge is 2.14. The van der Waals surface area contributed by atoms with Gasteiger partial charge >= 0.3 is 6.03 Å². The van der Waals surface area contributed by atoms with Crippen molar-refractivity contribution in [2.75, 3.05) is 10.6 Å². The quantitative estimate of drug-likeness (QED) is 0.441. The van der Waals surface area contributed by atoms with Crippen LogP contribution in [0.5, 0.6) is 0 Å². The molecule has 0 aliphatic heterocycles. The second-order valence-electron chi connectivity index (χ2n) is 5.43. The molecule has 10 heteroatoms. The number of carbonyl (C=O) groups is 1. The molecule has 2 N–H and O–H groups in total. The Morgan fingerprint density at radius 1 is 1.11 bits per heavy atom. The third kappa shape index (κ3) is 4.93. The molecule has 3 rings (SSSR count). The van der Waals surface area contributed by atoms with Gasteiger partial charge in [0.25, 0.3) is 0 Å². The lowest BCUT2D eigenvalue weighted by Crippen LogP contribution is -2.20. The summed E-state index contributed by atoms with van der Waals surface area (Å²) in [6.07, 6.45) is 1.46. The van der Waals surface area contributed by atoms with E-state index in [-0.39, 0.29) is 28.0 Å². The van der Waals surface area contributed by atoms with Gasteiger partial charge in [-0.05, 0) is 30.3 Å². The van der Waals surface area contributed by atoms with Gasteiger partial charge in [0.1, 0.15) is 10.8 Å². The molecule has 5 nitrogen and oxygen atoms in total. The molecule has 0 saturated heterocycles. The van der Waals surface area contributed by atoms with Crippen molar-refractivity contribution in [2.45, 2.75) is 6.54 Å². The molecule has 27 heavy (non-hydrogen) atoms. The van der Waals surface area contributed by atoms with Crippen molar-refractivity contribution in [1.29, 1.82) is 0 Å². The van der Waals surface area contributed by atoms with Crippen LogP contribution >= 0.6 is 50.7 Å². The highest BCUT2D eigenvalue weighted by Crippen LogP contribution is 2.27. The molecule has 0 saturated carbocycles. The van der Waals surface area contributed by atoms with Crippen LogP contribution in [-0.4, -0.2) is 15.8 Å². The second-order valence-corrected chi connectivity index (χ2v) is 7.56. The summed E-state index contributed by atoms with van der Waals surface area (Å²) in [7, 11) is 0. The maximum Gasteiger partial charge on any atom is 0.324 e. The molecule has 1 aromatic heterocycles. The third-order valence-corrected chi connectivity index (χ3v) is 4.95. The molecule has 0 aliphatic carbocycles. The summed E-state index contributed by atoms with van der Waals surface area (Å²) in [5.74, 6) is -0.332. The maximum absolute atomic E-state index is 13.9. The van der Waals surface area contributed by atoms with E-state index < -0.39 is 11.8 Å². The van der Waals surface area contributed by atoms with Crippen molar-refractivity contribution < 1.29 is 9.18 Å². The van der Waals surface area contributed by atoms with Crippen molar-refractivity contribution in [3.05, 3.63) is 73.5 Å². The number of halogens is 5. The standard InChI is InChI=1S/C17H11BrCl3FN4O/c18-9-4-5-15(12(20)6-9)23-17(27)24-16-13(21)8-26(25-16)7-10-11(19)2-1-3-14(10)22/h1-6,8H,7H2,(H2,23,24,25,27). The minimum Gasteiger partial charge on any atom is -0.306 e. The maximum atomic E-state index is 13.9. The van der Waals surface area contributed by atoms with E-state index in [0.29, 0.717) is 10.7 Å². The van der Waals surface area contributed by atoms with E-state index in [9.17, 15) is 9.18 Å². The van der Waals surface area contributed by atoms with E-state index in [4.69, 9.17) is 34.8 Å². The van der Waals surface area contributed by atoms with E-state index in [1.807, 2.05) is 0 Å². The third-order valence-electron chi connectivity index (χ3n) is 3.51. The Balaban J connectivity index is 1.72. The van der Waals surface area contributed by atoms with Crippen LogP contribution in [0.15, 0.2) is 47.1 Å². The van der Waals surface area contributed by atoms with Crippen molar-refractivity contribution in [3.8, 4) is 0 Å². The van der Waals surface area contributed by atoms with Crippen LogP contribution in [0.2, 0.25) is 15.1 Å². The Bertz CT molecular complexity index is 992. The highest BCUT2D eigenvalue weighted by atomic mass is 79.9. The van der Waals surface area contributed by atoms with Gasteiger partial charge in [0, 0.05) is 21.3 Å². The fourth-order valence-corrected chi connectivity index (χ4v) is 3.40. The van der Waals surface area contributed by atoms with Gasteiger partial charge in [0.2, 0.25) is 0 Å². The zero-order valence-electron chi connectivity index (χ0n) is 13.4. The Kier molecular flexibility index (Phi) is 6.26. The lowest BCUT2D eigenvalue weighted by molar-refractivity contribution is 0.262. The zero-order valence-corrected chi connectivity index (χ0v) is 17.3. The summed E-state index contributed by atoms with van der Waals surface area (Å²) in [6, 6.07) is 8.86. The van der Waals surface area contributed by atoms with Gasteiger partial charge in [-0.25, -0.2) is 9.18 Å². The summed E-state index contributed by atoms with van der Waals surface area (Å²) in [5, 5.41) is 10.1. The summed E-state index contributed by atoms with van der Waals surface area (Å²) >= 11 is 21.5. The number of rotatable bonds is 4. The van der Waals surface area contributed by atoms with Crippen LogP contribution in [0.1, 0.15) is 5.56 Å². The van der Waals surface area contributed by atoms with E-state index in [0.717, 1.165) is 4.47 Å². The van der Waals surface area contributed by atoms with Gasteiger partial charge in [-0.2, -0.15) is 5.10 Å². The fraction of sp³-hybridized carbons (Fsp3) is 0.0588. The predicted molar refractivity (Wildman–Crippen MR) is 110 cm³/mol. The van der Waals surface area contributed by atoms with Crippen LogP contribution < -0.4 is 10.6 Å². The van der Waals surface area contributed by atoms with Gasteiger partial charge in [0.05, 0.1) is 17.3 Å². The molecule has 2 aromatic carbocycles. The first-order valence-corrected chi connectivity index (χ1v) is 9.45. The normalized spacial score (nSPS) is 10.7. The van der Waals surface area contributed by atoms with Crippen molar-refractivity contribution in [1.82, 2.24) is 9.78 Å². The Hall–Kier alpha value is -1.80. The Labute approximate surface area is 177 Å². The first-order valence-electron chi connectivity index (χ1n) is 7.52. The predicted octanol–water partition coefficient (Wildman–Crippen LogP) is 6.44. The van der Waals surface area contributed by atoms with Crippen molar-refractivity contribution in [3.63, 3.8) is 0 Å². The van der Waals surface area contributed by atoms with Gasteiger partial charge in [-0.15, -0.1) is 0 Å². The lowest BCUT2D eigenvalue weighted by atomic mass is 10.2. The zero-order chi connectivity index (χ0) is 19.6. The first kappa shape index (κ1) is 19.9. The molecule has 0 spiro atoms. The van der Waals surface area contributed by atoms with Gasteiger partial charge in [-0.3, -0.25) is 10.00 Å². The number of urea groups is 1. The Morgan fingerprint density at radius 3 is 2.59 bits per heavy atom. The lowest BCUT2D eigenvalue weighted by Gasteiger charge is -2.08. The van der Waals surface area contributed by atoms with E-state index in [1.165, 1.54) is 23.0 Å². The molecule has 0 radical (unpaired) electrons. The summed E-state index contributed by atoms with van der Waals surface area (Å²) in [6.45, 7) is 0.0626. The number of nitrogens with one attached hydrogen (secondary N) is 2. The minimum absolute atomic E-state index is 0.0626. The van der Waals surface area contributed by atoms with Crippen LogP contribution in [0.4, 0.5) is 20.7 Å². The van der Waals surface area contributed by atoms with Crippen LogP contribution in [0.25, 0.3) is 0 Å². The van der Waals surface area contributed by atoms with Gasteiger partial charge in [-0.1, -0.05) is 56.8 Å².